The predicted octanol–water partition coefficient (Wildman–Crippen LogP) is 2.29. The van der Waals surface area contributed by atoms with Crippen LogP contribution in [0.3, 0.4) is 0 Å². The van der Waals surface area contributed by atoms with Crippen LogP contribution in [-0.2, 0) is 4.79 Å². The van der Waals surface area contributed by atoms with E-state index in [-0.39, 0.29) is 11.7 Å². The van der Waals surface area contributed by atoms with Crippen molar-refractivity contribution in [3.8, 4) is 0 Å². The molecule has 0 aromatic carbocycles. The van der Waals surface area contributed by atoms with Gasteiger partial charge in [0.25, 0.3) is 5.95 Å². The van der Waals surface area contributed by atoms with E-state index in [2.05, 4.69) is 15.0 Å². The smallest absolute Gasteiger partial charge is 0.266 e. The number of hydrogen-bond donors (Lipinski definition) is 0. The number of ketones is 1. The third kappa shape index (κ3) is 2.26. The first kappa shape index (κ1) is 11.7. The van der Waals surface area contributed by atoms with Gasteiger partial charge in [0.15, 0.2) is 0 Å². The number of Topliss-reactive ketones (excluding diaryl/α,β-unsaturated/α-hetero) is 1. The lowest BCUT2D eigenvalue weighted by molar-refractivity contribution is -0.120. The van der Waals surface area contributed by atoms with Crippen LogP contribution in [0.4, 0.5) is 5.95 Å². The van der Waals surface area contributed by atoms with Crippen molar-refractivity contribution >= 4 is 11.7 Å². The van der Waals surface area contributed by atoms with E-state index in [4.69, 9.17) is 4.52 Å². The van der Waals surface area contributed by atoms with Gasteiger partial charge in [0.2, 0.25) is 5.89 Å². The number of carbonyl (C=O) groups is 1. The van der Waals surface area contributed by atoms with Crippen LogP contribution in [0, 0.1) is 0 Å². The Bertz CT molecular complexity index is 424. The second kappa shape index (κ2) is 5.08. The molecule has 1 aromatic heterocycles. The lowest BCUT2D eigenvalue weighted by Gasteiger charge is -2.10. The molecule has 1 unspecified atom stereocenters. The Kier molecular flexibility index (Phi) is 3.30. The Morgan fingerprint density at radius 1 is 1.11 bits per heavy atom. The number of hydrogen-bond acceptors (Lipinski definition) is 5. The van der Waals surface area contributed by atoms with Crippen LogP contribution >= 0.6 is 0 Å². The van der Waals surface area contributed by atoms with Gasteiger partial charge in [-0.05, 0) is 30.8 Å². The van der Waals surface area contributed by atoms with E-state index in [1.54, 1.807) is 0 Å². The molecular weight excluding hydrogens is 230 g/mol. The van der Waals surface area contributed by atoms with Gasteiger partial charge < -0.3 is 9.42 Å². The molecule has 1 aliphatic heterocycles. The zero-order valence-electron chi connectivity index (χ0n) is 10.6. The molecule has 5 nitrogen and oxygen atoms in total. The van der Waals surface area contributed by atoms with Gasteiger partial charge in [-0.1, -0.05) is 12.8 Å². The van der Waals surface area contributed by atoms with Gasteiger partial charge in [-0.3, -0.25) is 4.79 Å². The fraction of sp³-hybridized carbons (Fsp3) is 0.769. The zero-order chi connectivity index (χ0) is 12.4. The maximum atomic E-state index is 12.0. The van der Waals surface area contributed by atoms with Gasteiger partial charge in [0.1, 0.15) is 5.78 Å². The minimum Gasteiger partial charge on any atom is -0.338 e. The largest absolute Gasteiger partial charge is 0.338 e. The Hall–Kier alpha value is -1.39. The van der Waals surface area contributed by atoms with Gasteiger partial charge in [0.05, 0.1) is 5.92 Å². The molecule has 2 fully saturated rings. The summed E-state index contributed by atoms with van der Waals surface area (Å²) in [6.45, 7) is 2.00. The Labute approximate surface area is 107 Å². The summed E-state index contributed by atoms with van der Waals surface area (Å²) in [4.78, 5) is 18.6. The summed E-state index contributed by atoms with van der Waals surface area (Å²) >= 11 is 0. The summed E-state index contributed by atoms with van der Waals surface area (Å²) in [6, 6.07) is 0. The first-order valence-corrected chi connectivity index (χ1v) is 6.96. The third-order valence-corrected chi connectivity index (χ3v) is 3.92. The number of aromatic nitrogens is 2. The summed E-state index contributed by atoms with van der Waals surface area (Å²) in [5.41, 5.74) is 0. The molecule has 2 aliphatic rings. The number of nitrogens with zero attached hydrogens (tertiary/aromatic N) is 3. The van der Waals surface area contributed by atoms with Crippen LogP contribution in [0.15, 0.2) is 4.52 Å². The van der Waals surface area contributed by atoms with Crippen LogP contribution in [-0.4, -0.2) is 29.0 Å². The normalized spacial score (nSPS) is 25.4. The third-order valence-electron chi connectivity index (χ3n) is 3.92. The van der Waals surface area contributed by atoms with E-state index in [1.165, 1.54) is 12.8 Å². The van der Waals surface area contributed by atoms with Crippen molar-refractivity contribution in [1.82, 2.24) is 10.1 Å². The van der Waals surface area contributed by atoms with Crippen molar-refractivity contribution in [3.05, 3.63) is 5.89 Å². The number of carbonyl (C=O) groups excluding carboxylic acids is 1. The molecule has 0 N–H and O–H groups in total. The Balaban J connectivity index is 1.76. The van der Waals surface area contributed by atoms with Crippen molar-refractivity contribution in [2.45, 2.75) is 50.9 Å². The fourth-order valence-corrected chi connectivity index (χ4v) is 2.83. The van der Waals surface area contributed by atoms with E-state index < -0.39 is 0 Å². The summed E-state index contributed by atoms with van der Waals surface area (Å²) < 4.78 is 5.32. The highest BCUT2D eigenvalue weighted by molar-refractivity contribution is 5.84. The topological polar surface area (TPSA) is 59.2 Å². The van der Waals surface area contributed by atoms with E-state index in [0.29, 0.717) is 18.3 Å². The van der Waals surface area contributed by atoms with Crippen LogP contribution in [0.25, 0.3) is 0 Å². The minimum atomic E-state index is -0.156. The maximum absolute atomic E-state index is 12.0. The minimum absolute atomic E-state index is 0.156. The average molecular weight is 249 g/mol. The van der Waals surface area contributed by atoms with Gasteiger partial charge in [0, 0.05) is 19.5 Å². The quantitative estimate of drug-likeness (QED) is 0.753. The number of anilines is 1. The van der Waals surface area contributed by atoms with E-state index in [0.717, 1.165) is 38.8 Å². The SMILES string of the molecule is O=C1CCCCCC1c1nc(N2CCCC2)no1. The predicted molar refractivity (Wildman–Crippen MR) is 66.6 cm³/mol. The molecule has 1 atom stereocenters. The summed E-state index contributed by atoms with van der Waals surface area (Å²) in [5, 5.41) is 4.03. The maximum Gasteiger partial charge on any atom is 0.266 e. The summed E-state index contributed by atoms with van der Waals surface area (Å²) in [6.07, 6.45) is 7.11. The first-order valence-electron chi connectivity index (χ1n) is 6.96. The van der Waals surface area contributed by atoms with E-state index >= 15 is 0 Å². The van der Waals surface area contributed by atoms with Crippen molar-refractivity contribution in [2.24, 2.45) is 0 Å². The molecule has 0 amide bonds. The monoisotopic (exact) mass is 249 g/mol. The van der Waals surface area contributed by atoms with Crippen molar-refractivity contribution in [2.75, 3.05) is 18.0 Å². The lowest BCUT2D eigenvalue weighted by atomic mass is 9.99. The summed E-state index contributed by atoms with van der Waals surface area (Å²) in [5.74, 6) is 1.31. The van der Waals surface area contributed by atoms with E-state index in [9.17, 15) is 4.79 Å². The molecule has 3 rings (SSSR count). The second-order valence-corrected chi connectivity index (χ2v) is 5.25. The van der Waals surface area contributed by atoms with Gasteiger partial charge in [-0.15, -0.1) is 0 Å². The molecule has 1 saturated heterocycles. The van der Waals surface area contributed by atoms with Gasteiger partial charge >= 0.3 is 0 Å². The van der Waals surface area contributed by atoms with Gasteiger partial charge in [-0.2, -0.15) is 4.98 Å². The molecule has 1 aliphatic carbocycles. The molecule has 98 valence electrons. The van der Waals surface area contributed by atoms with Crippen molar-refractivity contribution < 1.29 is 9.32 Å². The highest BCUT2D eigenvalue weighted by Crippen LogP contribution is 2.29. The molecule has 0 bridgehead atoms. The Morgan fingerprint density at radius 3 is 2.78 bits per heavy atom. The van der Waals surface area contributed by atoms with Crippen molar-refractivity contribution in [1.29, 1.82) is 0 Å². The first-order chi connectivity index (χ1) is 8.84. The second-order valence-electron chi connectivity index (χ2n) is 5.25. The van der Waals surface area contributed by atoms with Crippen LogP contribution in [0.5, 0.6) is 0 Å². The Morgan fingerprint density at radius 2 is 1.94 bits per heavy atom. The number of rotatable bonds is 2. The molecule has 0 spiro atoms. The van der Waals surface area contributed by atoms with Crippen LogP contribution in [0.1, 0.15) is 56.8 Å². The average Bonchev–Trinajstić information content (AvgIpc) is 3.00. The molecule has 18 heavy (non-hydrogen) atoms. The van der Waals surface area contributed by atoms with Gasteiger partial charge in [-0.25, -0.2) is 0 Å². The zero-order valence-corrected chi connectivity index (χ0v) is 10.6. The van der Waals surface area contributed by atoms with Crippen LogP contribution in [0.2, 0.25) is 0 Å². The molecule has 0 radical (unpaired) electrons. The lowest BCUT2D eigenvalue weighted by Crippen LogP contribution is -2.19. The standard InChI is InChI=1S/C13H19N3O2/c17-11-7-3-1-2-6-10(11)12-14-13(15-18-12)16-8-4-5-9-16/h10H,1-9H2. The molecule has 2 heterocycles. The highest BCUT2D eigenvalue weighted by atomic mass is 16.5. The molecule has 5 heteroatoms. The van der Waals surface area contributed by atoms with Crippen molar-refractivity contribution in [3.63, 3.8) is 0 Å². The fourth-order valence-electron chi connectivity index (χ4n) is 2.83. The molecule has 1 saturated carbocycles. The van der Waals surface area contributed by atoms with E-state index in [1.807, 2.05) is 0 Å². The highest BCUT2D eigenvalue weighted by Gasteiger charge is 2.29. The molecule has 1 aromatic rings. The molecular formula is C13H19N3O2. The van der Waals surface area contributed by atoms with Crippen LogP contribution < -0.4 is 4.90 Å². The summed E-state index contributed by atoms with van der Waals surface area (Å²) in [7, 11) is 0.